The zero-order chi connectivity index (χ0) is 11.0. The lowest BCUT2D eigenvalue weighted by molar-refractivity contribution is 0.664. The lowest BCUT2D eigenvalue weighted by atomic mass is 10.2. The van der Waals surface area contributed by atoms with Gasteiger partial charge in [-0.25, -0.2) is 0 Å². The van der Waals surface area contributed by atoms with E-state index in [-0.39, 0.29) is 0 Å². The number of hydrogen-bond donors (Lipinski definition) is 0. The van der Waals surface area contributed by atoms with E-state index in [4.69, 9.17) is 11.6 Å². The zero-order valence-corrected chi connectivity index (χ0v) is 9.38. The van der Waals surface area contributed by atoms with Crippen molar-refractivity contribution in [3.63, 3.8) is 0 Å². The van der Waals surface area contributed by atoms with Crippen molar-refractivity contribution in [1.82, 2.24) is 25.3 Å². The predicted octanol–water partition coefficient (Wildman–Crippen LogP) is 0.584. The summed E-state index contributed by atoms with van der Waals surface area (Å²) in [6.45, 7) is 1.96. The van der Waals surface area contributed by atoms with E-state index in [9.17, 15) is 0 Å². The van der Waals surface area contributed by atoms with Crippen LogP contribution in [0.1, 0.15) is 6.42 Å². The fourth-order valence-corrected chi connectivity index (χ4v) is 2.23. The second-order valence-corrected chi connectivity index (χ2v) is 4.28. The van der Waals surface area contributed by atoms with E-state index in [1.54, 1.807) is 0 Å². The summed E-state index contributed by atoms with van der Waals surface area (Å²) in [6, 6.07) is 3.82. The van der Waals surface area contributed by atoms with Crippen LogP contribution in [-0.4, -0.2) is 44.2 Å². The fourth-order valence-electron chi connectivity index (χ4n) is 1.98. The van der Waals surface area contributed by atoms with E-state index in [0.717, 1.165) is 25.3 Å². The Morgan fingerprint density at radius 3 is 3.19 bits per heavy atom. The predicted molar refractivity (Wildman–Crippen MR) is 59.6 cm³/mol. The number of nitrogens with zero attached hydrogens (tertiary/aromatic N) is 6. The quantitative estimate of drug-likeness (QED) is 0.717. The van der Waals surface area contributed by atoms with Gasteiger partial charge in [-0.1, -0.05) is 0 Å². The van der Waals surface area contributed by atoms with Gasteiger partial charge in [0.15, 0.2) is 11.5 Å². The first-order valence-electron chi connectivity index (χ1n) is 5.23. The Labute approximate surface area is 97.2 Å². The molecule has 0 spiro atoms. The van der Waals surface area contributed by atoms with E-state index >= 15 is 0 Å². The molecule has 7 heteroatoms. The van der Waals surface area contributed by atoms with Crippen LogP contribution in [0.15, 0.2) is 12.1 Å². The summed E-state index contributed by atoms with van der Waals surface area (Å²) < 4.78 is 1.45. The van der Waals surface area contributed by atoms with Crippen molar-refractivity contribution in [1.29, 1.82) is 0 Å². The molecular weight excluding hydrogens is 228 g/mol. The third-order valence-electron chi connectivity index (χ3n) is 2.88. The van der Waals surface area contributed by atoms with Crippen LogP contribution in [0, 0.1) is 5.92 Å². The topological polar surface area (TPSA) is 59.2 Å². The maximum absolute atomic E-state index is 5.85. The van der Waals surface area contributed by atoms with Crippen molar-refractivity contribution >= 4 is 23.1 Å². The lowest BCUT2D eigenvalue weighted by Crippen LogP contribution is -2.22. The van der Waals surface area contributed by atoms with Gasteiger partial charge in [0.1, 0.15) is 0 Å². The van der Waals surface area contributed by atoms with Crippen LogP contribution in [0.5, 0.6) is 0 Å². The Morgan fingerprint density at radius 1 is 1.44 bits per heavy atom. The molecule has 0 bridgehead atoms. The zero-order valence-electron chi connectivity index (χ0n) is 8.62. The Hall–Kier alpha value is -1.43. The minimum absolute atomic E-state index is 0.563. The average Bonchev–Trinajstić information content (AvgIpc) is 2.96. The fraction of sp³-hybridized carbons (Fsp3) is 0.556. The second kappa shape index (κ2) is 3.86. The number of anilines is 1. The average molecular weight is 239 g/mol. The summed E-state index contributed by atoms with van der Waals surface area (Å²) in [5.74, 6) is 2.18. The van der Waals surface area contributed by atoms with Gasteiger partial charge in [-0.3, -0.25) is 0 Å². The number of hydrogen-bond acceptors (Lipinski definition) is 5. The number of alkyl halides is 1. The van der Waals surface area contributed by atoms with Crippen LogP contribution in [-0.2, 0) is 0 Å². The molecule has 1 aliphatic rings. The van der Waals surface area contributed by atoms with Gasteiger partial charge in [0.25, 0.3) is 0 Å². The monoisotopic (exact) mass is 238 g/mol. The molecule has 1 atom stereocenters. The highest BCUT2D eigenvalue weighted by atomic mass is 35.5. The van der Waals surface area contributed by atoms with E-state index in [2.05, 4.69) is 25.5 Å². The van der Waals surface area contributed by atoms with Gasteiger partial charge in [-0.05, 0) is 34.9 Å². The number of fused-ring (bicyclic) bond motifs is 1. The summed E-state index contributed by atoms with van der Waals surface area (Å²) in [6.07, 6.45) is 1.12. The van der Waals surface area contributed by atoms with Crippen molar-refractivity contribution in [2.24, 2.45) is 5.92 Å². The van der Waals surface area contributed by atoms with Gasteiger partial charge in [-0.2, -0.15) is 0 Å². The van der Waals surface area contributed by atoms with Crippen molar-refractivity contribution in [3.8, 4) is 0 Å². The largest absolute Gasteiger partial charge is 0.355 e. The van der Waals surface area contributed by atoms with Crippen molar-refractivity contribution < 1.29 is 0 Å². The molecule has 1 unspecified atom stereocenters. The van der Waals surface area contributed by atoms with Crippen LogP contribution in [0.2, 0.25) is 0 Å². The summed E-state index contributed by atoms with van der Waals surface area (Å²) in [5, 5.41) is 15.5. The molecule has 3 rings (SSSR count). The first kappa shape index (κ1) is 9.77. The first-order chi connectivity index (χ1) is 7.86. The van der Waals surface area contributed by atoms with Crippen LogP contribution in [0.4, 0.5) is 5.82 Å². The number of tetrazole rings is 1. The van der Waals surface area contributed by atoms with E-state index in [1.807, 2.05) is 12.1 Å². The Kier molecular flexibility index (Phi) is 2.36. The molecule has 3 heterocycles. The first-order valence-corrected chi connectivity index (χ1v) is 5.76. The highest BCUT2D eigenvalue weighted by Crippen LogP contribution is 2.22. The van der Waals surface area contributed by atoms with Gasteiger partial charge in [0, 0.05) is 19.0 Å². The second-order valence-electron chi connectivity index (χ2n) is 3.97. The van der Waals surface area contributed by atoms with Gasteiger partial charge >= 0.3 is 0 Å². The van der Waals surface area contributed by atoms with Crippen LogP contribution >= 0.6 is 11.6 Å². The molecule has 16 heavy (non-hydrogen) atoms. The molecule has 0 aliphatic carbocycles. The minimum atomic E-state index is 0.563. The molecule has 84 valence electrons. The summed E-state index contributed by atoms with van der Waals surface area (Å²) in [5.41, 5.74) is 0.664. The van der Waals surface area contributed by atoms with Gasteiger partial charge in [-0.15, -0.1) is 26.4 Å². The Balaban J connectivity index is 1.88. The van der Waals surface area contributed by atoms with E-state index in [0.29, 0.717) is 17.4 Å². The molecule has 0 aromatic carbocycles. The molecule has 1 aliphatic heterocycles. The molecule has 0 N–H and O–H groups in total. The van der Waals surface area contributed by atoms with Crippen molar-refractivity contribution in [2.75, 3.05) is 23.9 Å². The lowest BCUT2D eigenvalue weighted by Gasteiger charge is -2.16. The molecule has 1 fully saturated rings. The number of aromatic nitrogens is 5. The minimum Gasteiger partial charge on any atom is -0.355 e. The van der Waals surface area contributed by atoms with Crippen LogP contribution in [0.3, 0.4) is 0 Å². The van der Waals surface area contributed by atoms with Crippen molar-refractivity contribution in [3.05, 3.63) is 12.1 Å². The molecule has 0 amide bonds. The Morgan fingerprint density at radius 2 is 2.38 bits per heavy atom. The number of rotatable bonds is 2. The van der Waals surface area contributed by atoms with Gasteiger partial charge in [0.05, 0.1) is 0 Å². The maximum Gasteiger partial charge on any atom is 0.200 e. The Bertz CT molecular complexity index is 497. The van der Waals surface area contributed by atoms with Crippen LogP contribution < -0.4 is 4.90 Å². The highest BCUT2D eigenvalue weighted by molar-refractivity contribution is 6.18. The molecule has 0 saturated carbocycles. The summed E-state index contributed by atoms with van der Waals surface area (Å²) >= 11 is 5.85. The van der Waals surface area contributed by atoms with Gasteiger partial charge < -0.3 is 4.90 Å². The SMILES string of the molecule is ClCC1CCN(c2ccc3nnnn3n2)C1. The van der Waals surface area contributed by atoms with Gasteiger partial charge in [0.2, 0.25) is 0 Å². The molecule has 2 aromatic heterocycles. The molecule has 2 aromatic rings. The molecule has 1 saturated heterocycles. The van der Waals surface area contributed by atoms with E-state index < -0.39 is 0 Å². The maximum atomic E-state index is 5.85. The smallest absolute Gasteiger partial charge is 0.200 e. The highest BCUT2D eigenvalue weighted by Gasteiger charge is 2.23. The molecule has 6 nitrogen and oxygen atoms in total. The van der Waals surface area contributed by atoms with Crippen molar-refractivity contribution in [2.45, 2.75) is 6.42 Å². The third kappa shape index (κ3) is 1.59. The molecular formula is C9H11ClN6. The summed E-state index contributed by atoms with van der Waals surface area (Å²) in [4.78, 5) is 2.22. The van der Waals surface area contributed by atoms with E-state index in [1.165, 1.54) is 4.63 Å². The number of halogens is 1. The normalized spacial score (nSPS) is 20.8. The molecule has 0 radical (unpaired) electrons. The summed E-state index contributed by atoms with van der Waals surface area (Å²) in [7, 11) is 0. The standard InChI is InChI=1S/C9H11ClN6/c10-5-7-3-4-15(6-7)9-2-1-8-11-13-14-16(8)12-9/h1-2,7H,3-6H2. The van der Waals surface area contributed by atoms with Crippen LogP contribution in [0.25, 0.3) is 5.65 Å². The third-order valence-corrected chi connectivity index (χ3v) is 3.32.